The normalized spacial score (nSPS) is 12.1. The summed E-state index contributed by atoms with van der Waals surface area (Å²) in [7, 11) is -1.83. The minimum atomic E-state index is -1.83. The van der Waals surface area contributed by atoms with E-state index in [-0.39, 0.29) is 5.41 Å². The molecule has 0 bridgehead atoms. The minimum Gasteiger partial charge on any atom is -0.417 e. The van der Waals surface area contributed by atoms with Gasteiger partial charge < -0.3 is 9.16 Å². The molecule has 0 saturated heterocycles. The topological polar surface area (TPSA) is 18.5 Å². The van der Waals surface area contributed by atoms with E-state index in [1.807, 2.05) is 0 Å². The van der Waals surface area contributed by atoms with Crippen molar-refractivity contribution >= 4 is 8.32 Å². The van der Waals surface area contributed by atoms with Gasteiger partial charge in [0.1, 0.15) is 0 Å². The van der Waals surface area contributed by atoms with Crippen molar-refractivity contribution in [3.63, 3.8) is 0 Å². The van der Waals surface area contributed by atoms with Crippen LogP contribution >= 0.6 is 0 Å². The first-order valence-electron chi connectivity index (χ1n) is 12.3. The number of rotatable bonds is 14. The fourth-order valence-electron chi connectivity index (χ4n) is 4.31. The lowest BCUT2D eigenvalue weighted by Crippen LogP contribution is -2.42. The lowest BCUT2D eigenvalue weighted by Gasteiger charge is -2.37. The zero-order valence-electron chi connectivity index (χ0n) is 20.6. The van der Waals surface area contributed by atoms with Crippen molar-refractivity contribution in [1.82, 2.24) is 0 Å². The highest BCUT2D eigenvalue weighted by Gasteiger charge is 2.35. The van der Waals surface area contributed by atoms with E-state index in [2.05, 4.69) is 111 Å². The maximum absolute atomic E-state index is 6.85. The number of hydrogen-bond acceptors (Lipinski definition) is 2. The summed E-state index contributed by atoms with van der Waals surface area (Å²) in [6.45, 7) is 9.13. The second-order valence-corrected chi connectivity index (χ2v) is 14.2. The Balaban J connectivity index is 1.78. The first kappa shape index (κ1) is 25.4. The molecule has 0 spiro atoms. The third-order valence-electron chi connectivity index (χ3n) is 6.23. The molecule has 0 aliphatic carbocycles. The van der Waals surface area contributed by atoms with Gasteiger partial charge >= 0.3 is 0 Å². The standard InChI is InChI=1S/C30H40O2Si/c1-4-21-31-25-30(23-28-16-10-6-11-17-28,24-29-18-12-7-13-19-29)26-32-33(2,3)22-20-27-14-8-5-9-15-27/h5-19H,4,20-26H2,1-3H3. The van der Waals surface area contributed by atoms with E-state index >= 15 is 0 Å². The Hall–Kier alpha value is -2.20. The highest BCUT2D eigenvalue weighted by Crippen LogP contribution is 2.31. The molecular weight excluding hydrogens is 420 g/mol. The largest absolute Gasteiger partial charge is 0.417 e. The van der Waals surface area contributed by atoms with Gasteiger partial charge in [-0.1, -0.05) is 97.9 Å². The van der Waals surface area contributed by atoms with E-state index in [0.29, 0.717) is 6.61 Å². The molecule has 176 valence electrons. The Morgan fingerprint density at radius 1 is 0.667 bits per heavy atom. The second kappa shape index (κ2) is 12.9. The monoisotopic (exact) mass is 460 g/mol. The highest BCUT2D eigenvalue weighted by molar-refractivity contribution is 6.71. The molecule has 2 nitrogen and oxygen atoms in total. The van der Waals surface area contributed by atoms with E-state index in [1.165, 1.54) is 16.7 Å². The van der Waals surface area contributed by atoms with Crippen molar-refractivity contribution in [2.75, 3.05) is 19.8 Å². The summed E-state index contributed by atoms with van der Waals surface area (Å²) >= 11 is 0. The minimum absolute atomic E-state index is 0.0884. The fraction of sp³-hybridized carbons (Fsp3) is 0.400. The van der Waals surface area contributed by atoms with E-state index in [4.69, 9.17) is 9.16 Å². The molecule has 0 unspecified atom stereocenters. The van der Waals surface area contributed by atoms with Crippen LogP contribution in [0.15, 0.2) is 91.0 Å². The highest BCUT2D eigenvalue weighted by atomic mass is 28.4. The smallest absolute Gasteiger partial charge is 0.187 e. The van der Waals surface area contributed by atoms with E-state index in [9.17, 15) is 0 Å². The van der Waals surface area contributed by atoms with Crippen molar-refractivity contribution in [1.29, 1.82) is 0 Å². The van der Waals surface area contributed by atoms with Crippen molar-refractivity contribution < 1.29 is 9.16 Å². The molecule has 0 amide bonds. The van der Waals surface area contributed by atoms with Crippen LogP contribution < -0.4 is 0 Å². The molecular formula is C30H40O2Si. The van der Waals surface area contributed by atoms with Gasteiger partial charge in [-0.2, -0.15) is 0 Å². The van der Waals surface area contributed by atoms with E-state index in [1.54, 1.807) is 0 Å². The molecule has 0 aromatic heterocycles. The molecule has 0 aliphatic rings. The summed E-state index contributed by atoms with van der Waals surface area (Å²) < 4.78 is 13.1. The van der Waals surface area contributed by atoms with Gasteiger partial charge in [-0.05, 0) is 61.5 Å². The Morgan fingerprint density at radius 3 is 1.64 bits per heavy atom. The first-order chi connectivity index (χ1) is 16.0. The molecule has 3 rings (SSSR count). The summed E-state index contributed by atoms with van der Waals surface area (Å²) in [6, 6.07) is 33.5. The maximum atomic E-state index is 6.85. The van der Waals surface area contributed by atoms with Crippen molar-refractivity contribution in [3.8, 4) is 0 Å². The fourth-order valence-corrected chi connectivity index (χ4v) is 6.04. The average Bonchev–Trinajstić information content (AvgIpc) is 2.84. The third kappa shape index (κ3) is 8.92. The summed E-state index contributed by atoms with van der Waals surface area (Å²) in [5.74, 6) is 0. The van der Waals surface area contributed by atoms with Crippen LogP contribution in [0.3, 0.4) is 0 Å². The van der Waals surface area contributed by atoms with E-state index < -0.39 is 8.32 Å². The van der Waals surface area contributed by atoms with Crippen LogP contribution in [0.4, 0.5) is 0 Å². The van der Waals surface area contributed by atoms with Crippen molar-refractivity contribution in [2.24, 2.45) is 5.41 Å². The van der Waals surface area contributed by atoms with Crippen LogP contribution in [0.1, 0.15) is 30.0 Å². The summed E-state index contributed by atoms with van der Waals surface area (Å²) in [6.07, 6.45) is 4.02. The van der Waals surface area contributed by atoms with Crippen LogP contribution in [-0.2, 0) is 28.4 Å². The molecule has 0 N–H and O–H groups in total. The van der Waals surface area contributed by atoms with Crippen LogP contribution in [0.5, 0.6) is 0 Å². The number of benzene rings is 3. The molecule has 3 aromatic carbocycles. The molecule has 0 aliphatic heterocycles. The molecule has 3 heteroatoms. The second-order valence-electron chi connectivity index (χ2n) is 9.91. The lowest BCUT2D eigenvalue weighted by molar-refractivity contribution is 0.0109. The maximum Gasteiger partial charge on any atom is 0.187 e. The molecule has 33 heavy (non-hydrogen) atoms. The summed E-state index contributed by atoms with van der Waals surface area (Å²) in [5.41, 5.74) is 4.00. The van der Waals surface area contributed by atoms with Crippen LogP contribution in [0.2, 0.25) is 19.1 Å². The van der Waals surface area contributed by atoms with Gasteiger partial charge in [-0.15, -0.1) is 0 Å². The first-order valence-corrected chi connectivity index (χ1v) is 15.5. The van der Waals surface area contributed by atoms with Gasteiger partial charge in [0.05, 0.1) is 6.61 Å². The molecule has 0 fully saturated rings. The Labute approximate surface area is 202 Å². The zero-order chi connectivity index (χ0) is 23.4. The summed E-state index contributed by atoms with van der Waals surface area (Å²) in [5, 5.41) is 0. The van der Waals surface area contributed by atoms with Crippen molar-refractivity contribution in [2.45, 2.75) is 51.7 Å². The van der Waals surface area contributed by atoms with Crippen LogP contribution in [-0.4, -0.2) is 28.1 Å². The van der Waals surface area contributed by atoms with Gasteiger partial charge in [0.2, 0.25) is 0 Å². The molecule has 0 saturated carbocycles. The van der Waals surface area contributed by atoms with Gasteiger partial charge in [0.25, 0.3) is 0 Å². The Morgan fingerprint density at radius 2 is 1.15 bits per heavy atom. The number of hydrogen-bond donors (Lipinski definition) is 0. The number of ether oxygens (including phenoxy) is 1. The van der Waals surface area contributed by atoms with Gasteiger partial charge in [-0.3, -0.25) is 0 Å². The molecule has 0 heterocycles. The molecule has 0 atom stereocenters. The molecule has 3 aromatic rings. The Bertz CT molecular complexity index is 868. The Kier molecular flexibility index (Phi) is 9.92. The molecule has 0 radical (unpaired) electrons. The van der Waals surface area contributed by atoms with Crippen molar-refractivity contribution in [3.05, 3.63) is 108 Å². The quantitative estimate of drug-likeness (QED) is 0.185. The van der Waals surface area contributed by atoms with Crippen LogP contribution in [0.25, 0.3) is 0 Å². The zero-order valence-corrected chi connectivity index (χ0v) is 21.6. The summed E-state index contributed by atoms with van der Waals surface area (Å²) in [4.78, 5) is 0. The number of aryl methyl sites for hydroxylation is 1. The predicted octanol–water partition coefficient (Wildman–Crippen LogP) is 7.35. The SMILES string of the molecule is CCCOCC(CO[Si](C)(C)CCc1ccccc1)(Cc1ccccc1)Cc1ccccc1. The van der Waals surface area contributed by atoms with Gasteiger partial charge in [0, 0.05) is 18.6 Å². The lowest BCUT2D eigenvalue weighted by atomic mass is 9.78. The van der Waals surface area contributed by atoms with Crippen LogP contribution in [0, 0.1) is 5.41 Å². The average molecular weight is 461 g/mol. The van der Waals surface area contributed by atoms with Gasteiger partial charge in [-0.25, -0.2) is 0 Å². The third-order valence-corrected chi connectivity index (χ3v) is 8.61. The van der Waals surface area contributed by atoms with Gasteiger partial charge in [0.15, 0.2) is 8.32 Å². The predicted molar refractivity (Wildman–Crippen MR) is 142 cm³/mol. The van der Waals surface area contributed by atoms with E-state index in [0.717, 1.165) is 44.9 Å².